The van der Waals surface area contributed by atoms with Crippen LogP contribution < -0.4 is 4.74 Å². The number of rotatable bonds is 3. The summed E-state index contributed by atoms with van der Waals surface area (Å²) in [5.41, 5.74) is 0.279. The Labute approximate surface area is 89.3 Å². The maximum Gasteiger partial charge on any atom is 0.128 e. The highest BCUT2D eigenvalue weighted by molar-refractivity contribution is 5.37. The van der Waals surface area contributed by atoms with E-state index in [1.54, 1.807) is 6.07 Å². The zero-order chi connectivity index (χ0) is 11.4. The van der Waals surface area contributed by atoms with E-state index in [1.807, 2.05) is 26.8 Å². The zero-order valence-electron chi connectivity index (χ0n) is 9.12. The van der Waals surface area contributed by atoms with E-state index in [-0.39, 0.29) is 11.7 Å². The molecule has 1 aromatic carbocycles. The van der Waals surface area contributed by atoms with Crippen LogP contribution in [-0.2, 0) is 0 Å². The quantitative estimate of drug-likeness (QED) is 0.762. The van der Waals surface area contributed by atoms with E-state index < -0.39 is 5.82 Å². The zero-order valence-corrected chi connectivity index (χ0v) is 9.12. The molecule has 0 aliphatic heterocycles. The van der Waals surface area contributed by atoms with Crippen LogP contribution in [0.15, 0.2) is 18.2 Å². The van der Waals surface area contributed by atoms with Crippen molar-refractivity contribution in [3.8, 4) is 11.8 Å². The molecule has 0 bridgehead atoms. The minimum absolute atomic E-state index is 0.00153. The number of benzene rings is 1. The van der Waals surface area contributed by atoms with Gasteiger partial charge < -0.3 is 4.74 Å². The fraction of sp³-hybridized carbons (Fsp3) is 0.417. The molecule has 3 heteroatoms. The van der Waals surface area contributed by atoms with Crippen molar-refractivity contribution in [1.29, 1.82) is 5.26 Å². The van der Waals surface area contributed by atoms with Crippen molar-refractivity contribution in [2.45, 2.75) is 26.9 Å². The molecule has 0 aliphatic rings. The van der Waals surface area contributed by atoms with Gasteiger partial charge in [-0.05, 0) is 25.0 Å². The van der Waals surface area contributed by atoms with E-state index in [1.165, 1.54) is 12.1 Å². The second-order valence-electron chi connectivity index (χ2n) is 3.85. The largest absolute Gasteiger partial charge is 0.490 e. The lowest BCUT2D eigenvalue weighted by Gasteiger charge is -2.18. The Morgan fingerprint density at radius 3 is 2.47 bits per heavy atom. The molecular formula is C12H14FNO. The van der Waals surface area contributed by atoms with E-state index in [0.717, 1.165) is 0 Å². The van der Waals surface area contributed by atoms with Crippen molar-refractivity contribution in [2.24, 2.45) is 5.92 Å². The number of nitrogens with zero attached hydrogens (tertiary/aromatic N) is 1. The van der Waals surface area contributed by atoms with Gasteiger partial charge >= 0.3 is 0 Å². The SMILES string of the molecule is CC(C)C(C)Oc1cc(F)cc(C#N)c1. The maximum absolute atomic E-state index is 13.0. The second kappa shape index (κ2) is 4.79. The summed E-state index contributed by atoms with van der Waals surface area (Å²) in [6.45, 7) is 5.96. The predicted octanol–water partition coefficient (Wildman–Crippen LogP) is 3.12. The van der Waals surface area contributed by atoms with Gasteiger partial charge in [0.2, 0.25) is 0 Å². The van der Waals surface area contributed by atoms with E-state index in [4.69, 9.17) is 10.00 Å². The van der Waals surface area contributed by atoms with Crippen LogP contribution in [0.5, 0.6) is 5.75 Å². The molecule has 0 spiro atoms. The van der Waals surface area contributed by atoms with Gasteiger partial charge in [0.15, 0.2) is 0 Å². The molecule has 0 saturated heterocycles. The molecule has 0 N–H and O–H groups in total. The van der Waals surface area contributed by atoms with Gasteiger partial charge in [-0.15, -0.1) is 0 Å². The van der Waals surface area contributed by atoms with E-state index in [0.29, 0.717) is 11.7 Å². The Bertz CT molecular complexity index is 382. The lowest BCUT2D eigenvalue weighted by molar-refractivity contribution is 0.170. The van der Waals surface area contributed by atoms with Crippen molar-refractivity contribution in [3.63, 3.8) is 0 Å². The Morgan fingerprint density at radius 2 is 1.93 bits per heavy atom. The molecule has 0 amide bonds. The van der Waals surface area contributed by atoms with Crippen molar-refractivity contribution >= 4 is 0 Å². The number of halogens is 1. The minimum Gasteiger partial charge on any atom is -0.490 e. The number of hydrogen-bond acceptors (Lipinski definition) is 2. The van der Waals surface area contributed by atoms with Gasteiger partial charge in [-0.25, -0.2) is 4.39 Å². The molecule has 2 nitrogen and oxygen atoms in total. The average molecular weight is 207 g/mol. The summed E-state index contributed by atoms with van der Waals surface area (Å²) in [6, 6.07) is 5.91. The van der Waals surface area contributed by atoms with Crippen molar-refractivity contribution in [1.82, 2.24) is 0 Å². The van der Waals surface area contributed by atoms with Crippen LogP contribution in [0, 0.1) is 23.1 Å². The van der Waals surface area contributed by atoms with Crippen LogP contribution in [0.4, 0.5) is 4.39 Å². The lowest BCUT2D eigenvalue weighted by Crippen LogP contribution is -2.18. The minimum atomic E-state index is -0.444. The van der Waals surface area contributed by atoms with Crippen LogP contribution in [0.2, 0.25) is 0 Å². The third-order valence-electron chi connectivity index (χ3n) is 2.26. The summed E-state index contributed by atoms with van der Waals surface area (Å²) in [5, 5.41) is 8.66. The fourth-order valence-corrected chi connectivity index (χ4v) is 1.05. The number of nitriles is 1. The molecule has 0 saturated carbocycles. The van der Waals surface area contributed by atoms with E-state index in [9.17, 15) is 4.39 Å². The lowest BCUT2D eigenvalue weighted by atomic mass is 10.1. The van der Waals surface area contributed by atoms with Crippen LogP contribution in [0.1, 0.15) is 26.3 Å². The van der Waals surface area contributed by atoms with Gasteiger partial charge in [0.05, 0.1) is 17.7 Å². The molecule has 15 heavy (non-hydrogen) atoms. The summed E-state index contributed by atoms with van der Waals surface area (Å²) in [4.78, 5) is 0. The Balaban J connectivity index is 2.87. The summed E-state index contributed by atoms with van der Waals surface area (Å²) in [7, 11) is 0. The molecule has 0 aliphatic carbocycles. The number of ether oxygens (including phenoxy) is 1. The molecule has 0 fully saturated rings. The fourth-order valence-electron chi connectivity index (χ4n) is 1.05. The Kier molecular flexibility index (Phi) is 3.68. The topological polar surface area (TPSA) is 33.0 Å². The Morgan fingerprint density at radius 1 is 1.27 bits per heavy atom. The predicted molar refractivity (Wildman–Crippen MR) is 56.0 cm³/mol. The van der Waals surface area contributed by atoms with Crippen LogP contribution in [0.25, 0.3) is 0 Å². The molecule has 1 rings (SSSR count). The molecule has 0 radical (unpaired) electrons. The van der Waals surface area contributed by atoms with Gasteiger partial charge in [0, 0.05) is 6.07 Å². The summed E-state index contributed by atoms with van der Waals surface area (Å²) < 4.78 is 18.5. The van der Waals surface area contributed by atoms with Crippen molar-refractivity contribution < 1.29 is 9.13 Å². The highest BCUT2D eigenvalue weighted by atomic mass is 19.1. The van der Waals surface area contributed by atoms with Gasteiger partial charge in [-0.1, -0.05) is 13.8 Å². The first-order chi connectivity index (χ1) is 7.02. The third kappa shape index (κ3) is 3.25. The van der Waals surface area contributed by atoms with Crippen LogP contribution in [0.3, 0.4) is 0 Å². The first-order valence-corrected chi connectivity index (χ1v) is 4.90. The highest BCUT2D eigenvalue weighted by Gasteiger charge is 2.10. The highest BCUT2D eigenvalue weighted by Crippen LogP contribution is 2.19. The normalized spacial score (nSPS) is 12.3. The summed E-state index contributed by atoms with van der Waals surface area (Å²) in [5.74, 6) is 0.312. The van der Waals surface area contributed by atoms with Gasteiger partial charge in [0.1, 0.15) is 11.6 Å². The monoisotopic (exact) mass is 207 g/mol. The van der Waals surface area contributed by atoms with Crippen molar-refractivity contribution in [3.05, 3.63) is 29.6 Å². The van der Waals surface area contributed by atoms with Crippen molar-refractivity contribution in [2.75, 3.05) is 0 Å². The van der Waals surface area contributed by atoms with Crippen LogP contribution in [-0.4, -0.2) is 6.10 Å². The summed E-state index contributed by atoms with van der Waals surface area (Å²) >= 11 is 0. The maximum atomic E-state index is 13.0. The van der Waals surface area contributed by atoms with E-state index in [2.05, 4.69) is 0 Å². The second-order valence-corrected chi connectivity index (χ2v) is 3.85. The van der Waals surface area contributed by atoms with Gasteiger partial charge in [0.25, 0.3) is 0 Å². The molecule has 0 heterocycles. The molecule has 80 valence electrons. The standard InChI is InChI=1S/C12H14FNO/c1-8(2)9(3)15-12-5-10(7-14)4-11(13)6-12/h4-6,8-9H,1-3H3. The molecular weight excluding hydrogens is 193 g/mol. The van der Waals surface area contributed by atoms with Gasteiger partial charge in [-0.2, -0.15) is 5.26 Å². The van der Waals surface area contributed by atoms with E-state index >= 15 is 0 Å². The molecule has 1 atom stereocenters. The van der Waals surface area contributed by atoms with Gasteiger partial charge in [-0.3, -0.25) is 0 Å². The molecule has 0 aromatic heterocycles. The summed E-state index contributed by atoms with van der Waals surface area (Å²) in [6.07, 6.45) is -0.00153. The van der Waals surface area contributed by atoms with Crippen LogP contribution >= 0.6 is 0 Å². The number of hydrogen-bond donors (Lipinski definition) is 0. The Hall–Kier alpha value is -1.56. The molecule has 1 unspecified atom stereocenters. The average Bonchev–Trinajstić information content (AvgIpc) is 2.16. The first kappa shape index (κ1) is 11.5. The molecule has 1 aromatic rings. The third-order valence-corrected chi connectivity index (χ3v) is 2.26. The first-order valence-electron chi connectivity index (χ1n) is 4.90. The smallest absolute Gasteiger partial charge is 0.128 e.